The minimum Gasteiger partial charge on any atom is -0.336 e. The number of fused-ring (bicyclic) bond motifs is 1. The van der Waals surface area contributed by atoms with Crippen molar-refractivity contribution in [1.29, 1.82) is 0 Å². The molecule has 5 rings (SSSR count). The molecule has 7 nitrogen and oxygen atoms in total. The third kappa shape index (κ3) is 3.34. The Hall–Kier alpha value is -2.64. The molecule has 2 aromatic heterocycles. The van der Waals surface area contributed by atoms with Crippen LogP contribution in [0.3, 0.4) is 0 Å². The zero-order valence-corrected chi connectivity index (χ0v) is 17.2. The predicted octanol–water partition coefficient (Wildman–Crippen LogP) is 2.30. The highest BCUT2D eigenvalue weighted by atomic mass is 35.5. The first-order chi connectivity index (χ1) is 13.7. The van der Waals surface area contributed by atoms with E-state index in [1.165, 1.54) is 5.69 Å². The molecule has 0 radical (unpaired) electrons. The van der Waals surface area contributed by atoms with Crippen molar-refractivity contribution in [3.63, 3.8) is 0 Å². The van der Waals surface area contributed by atoms with Gasteiger partial charge in [0.1, 0.15) is 11.9 Å². The molecular formula is C21H25ClN6O. The van der Waals surface area contributed by atoms with Gasteiger partial charge < -0.3 is 14.8 Å². The molecule has 0 bridgehead atoms. The van der Waals surface area contributed by atoms with Crippen molar-refractivity contribution in [1.82, 2.24) is 29.5 Å². The summed E-state index contributed by atoms with van der Waals surface area (Å²) in [6.45, 7) is 2.15. The van der Waals surface area contributed by atoms with Gasteiger partial charge in [0.05, 0.1) is 5.69 Å². The summed E-state index contributed by atoms with van der Waals surface area (Å²) < 4.78 is 3.96. The van der Waals surface area contributed by atoms with E-state index >= 15 is 0 Å². The SMILES string of the molecule is Cl.Cn1ccnc1C1CNCCN1C(=O)c1nn(-c2ccccc2)c2c1CCC2. The summed E-state index contributed by atoms with van der Waals surface area (Å²) in [5.41, 5.74) is 3.92. The molecule has 1 amide bonds. The van der Waals surface area contributed by atoms with Crippen LogP contribution in [0.1, 0.15) is 40.0 Å². The molecular weight excluding hydrogens is 388 g/mol. The second-order valence-corrected chi connectivity index (χ2v) is 7.49. The number of halogens is 1. The molecule has 1 atom stereocenters. The highest BCUT2D eigenvalue weighted by Gasteiger charge is 2.35. The molecule has 29 heavy (non-hydrogen) atoms. The van der Waals surface area contributed by atoms with Crippen LogP contribution in [0.25, 0.3) is 5.69 Å². The van der Waals surface area contributed by atoms with Crippen LogP contribution in [0, 0.1) is 0 Å². The van der Waals surface area contributed by atoms with Crippen LogP contribution in [0.5, 0.6) is 0 Å². The van der Waals surface area contributed by atoms with Gasteiger partial charge >= 0.3 is 0 Å². The Morgan fingerprint density at radius 2 is 2.03 bits per heavy atom. The molecule has 2 aliphatic rings. The van der Waals surface area contributed by atoms with Crippen LogP contribution >= 0.6 is 12.4 Å². The van der Waals surface area contributed by atoms with Gasteiger partial charge in [-0.05, 0) is 31.4 Å². The summed E-state index contributed by atoms with van der Waals surface area (Å²) in [5, 5.41) is 8.19. The number of amides is 1. The van der Waals surface area contributed by atoms with Gasteiger partial charge in [-0.1, -0.05) is 18.2 Å². The molecule has 1 saturated heterocycles. The lowest BCUT2D eigenvalue weighted by Gasteiger charge is -2.35. The van der Waals surface area contributed by atoms with Crippen molar-refractivity contribution in [3.05, 3.63) is 65.5 Å². The molecule has 0 saturated carbocycles. The molecule has 0 spiro atoms. The summed E-state index contributed by atoms with van der Waals surface area (Å²) >= 11 is 0. The van der Waals surface area contributed by atoms with Crippen LogP contribution < -0.4 is 5.32 Å². The summed E-state index contributed by atoms with van der Waals surface area (Å²) in [7, 11) is 1.97. The Labute approximate surface area is 176 Å². The van der Waals surface area contributed by atoms with E-state index in [9.17, 15) is 4.79 Å². The fourth-order valence-electron chi connectivity index (χ4n) is 4.40. The van der Waals surface area contributed by atoms with E-state index in [4.69, 9.17) is 5.10 Å². The van der Waals surface area contributed by atoms with Crippen molar-refractivity contribution < 1.29 is 4.79 Å². The average Bonchev–Trinajstić information content (AvgIpc) is 3.45. The number of aromatic nitrogens is 4. The summed E-state index contributed by atoms with van der Waals surface area (Å²) in [4.78, 5) is 20.0. The summed E-state index contributed by atoms with van der Waals surface area (Å²) in [6, 6.07) is 10.0. The number of carbonyl (C=O) groups excluding carboxylic acids is 1. The standard InChI is InChI=1S/C21H24N6O.ClH/c1-25-12-11-23-20(25)18-14-22-10-13-26(18)21(28)19-16-8-5-9-17(16)27(24-19)15-6-3-2-4-7-15;/h2-4,6-7,11-12,18,22H,5,8-10,13-14H2,1H3;1H. The fourth-order valence-corrected chi connectivity index (χ4v) is 4.40. The number of rotatable bonds is 3. The molecule has 152 valence electrons. The first-order valence-corrected chi connectivity index (χ1v) is 9.89. The van der Waals surface area contributed by atoms with E-state index < -0.39 is 0 Å². The smallest absolute Gasteiger partial charge is 0.275 e. The quantitative estimate of drug-likeness (QED) is 0.716. The van der Waals surface area contributed by atoms with E-state index in [-0.39, 0.29) is 24.4 Å². The molecule has 1 fully saturated rings. The first kappa shape index (κ1) is 19.7. The Kier molecular flexibility index (Phi) is 5.43. The summed E-state index contributed by atoms with van der Waals surface area (Å²) in [5.74, 6) is 0.919. The molecule has 1 N–H and O–H groups in total. The predicted molar refractivity (Wildman–Crippen MR) is 113 cm³/mol. The molecule has 3 aromatic rings. The number of nitrogens with one attached hydrogen (secondary N) is 1. The number of hydrogen-bond acceptors (Lipinski definition) is 4. The monoisotopic (exact) mass is 412 g/mol. The number of carbonyl (C=O) groups is 1. The van der Waals surface area contributed by atoms with Gasteiger partial charge in [-0.2, -0.15) is 5.10 Å². The maximum atomic E-state index is 13.6. The molecule has 1 aliphatic heterocycles. The third-order valence-corrected chi connectivity index (χ3v) is 5.79. The van der Waals surface area contributed by atoms with Crippen molar-refractivity contribution in [2.45, 2.75) is 25.3 Å². The lowest BCUT2D eigenvalue weighted by Crippen LogP contribution is -2.49. The van der Waals surface area contributed by atoms with Gasteiger partial charge in [0.15, 0.2) is 5.69 Å². The number of para-hydroxylation sites is 1. The Morgan fingerprint density at radius 1 is 1.21 bits per heavy atom. The maximum absolute atomic E-state index is 13.6. The van der Waals surface area contributed by atoms with Crippen molar-refractivity contribution in [2.75, 3.05) is 19.6 Å². The first-order valence-electron chi connectivity index (χ1n) is 9.89. The number of piperazine rings is 1. The number of hydrogen-bond donors (Lipinski definition) is 1. The van der Waals surface area contributed by atoms with Gasteiger partial charge in [0.2, 0.25) is 0 Å². The van der Waals surface area contributed by atoms with E-state index in [1.807, 2.05) is 57.7 Å². The third-order valence-electron chi connectivity index (χ3n) is 5.79. The van der Waals surface area contributed by atoms with E-state index in [2.05, 4.69) is 10.3 Å². The number of nitrogens with zero attached hydrogens (tertiary/aromatic N) is 5. The number of aryl methyl sites for hydroxylation is 1. The van der Waals surface area contributed by atoms with Gasteiger partial charge in [-0.25, -0.2) is 9.67 Å². The van der Waals surface area contributed by atoms with Gasteiger partial charge in [0.25, 0.3) is 5.91 Å². The Morgan fingerprint density at radius 3 is 2.79 bits per heavy atom. The second kappa shape index (κ2) is 8.00. The van der Waals surface area contributed by atoms with Crippen molar-refractivity contribution in [2.24, 2.45) is 7.05 Å². The van der Waals surface area contributed by atoms with Crippen LogP contribution in [-0.2, 0) is 19.9 Å². The van der Waals surface area contributed by atoms with Gasteiger partial charge in [-0.15, -0.1) is 12.4 Å². The van der Waals surface area contributed by atoms with Crippen molar-refractivity contribution >= 4 is 18.3 Å². The highest BCUT2D eigenvalue weighted by Crippen LogP contribution is 2.30. The lowest BCUT2D eigenvalue weighted by atomic mass is 10.1. The van der Waals surface area contributed by atoms with Gasteiger partial charge in [-0.3, -0.25) is 4.79 Å². The van der Waals surface area contributed by atoms with E-state index in [0.717, 1.165) is 42.9 Å². The molecule has 1 unspecified atom stereocenters. The largest absolute Gasteiger partial charge is 0.336 e. The highest BCUT2D eigenvalue weighted by molar-refractivity contribution is 5.94. The molecule has 1 aromatic carbocycles. The number of benzene rings is 1. The summed E-state index contributed by atoms with van der Waals surface area (Å²) in [6.07, 6.45) is 6.67. The fraction of sp³-hybridized carbons (Fsp3) is 0.381. The normalized spacial score (nSPS) is 18.4. The molecule has 8 heteroatoms. The van der Waals surface area contributed by atoms with Crippen LogP contribution in [0.2, 0.25) is 0 Å². The zero-order valence-electron chi connectivity index (χ0n) is 16.4. The second-order valence-electron chi connectivity index (χ2n) is 7.49. The van der Waals surface area contributed by atoms with Crippen LogP contribution in [0.4, 0.5) is 0 Å². The van der Waals surface area contributed by atoms with E-state index in [1.54, 1.807) is 6.20 Å². The van der Waals surface area contributed by atoms with Crippen LogP contribution in [-0.4, -0.2) is 49.8 Å². The lowest BCUT2D eigenvalue weighted by molar-refractivity contribution is 0.0613. The maximum Gasteiger partial charge on any atom is 0.275 e. The zero-order chi connectivity index (χ0) is 19.1. The molecule has 1 aliphatic carbocycles. The van der Waals surface area contributed by atoms with Crippen molar-refractivity contribution in [3.8, 4) is 5.69 Å². The minimum atomic E-state index is -0.0832. The molecule has 3 heterocycles. The Bertz CT molecular complexity index is 1010. The average molecular weight is 413 g/mol. The van der Waals surface area contributed by atoms with E-state index in [0.29, 0.717) is 18.8 Å². The topological polar surface area (TPSA) is 68.0 Å². The Balaban J connectivity index is 0.00000205. The minimum absolute atomic E-state index is 0. The van der Waals surface area contributed by atoms with Crippen LogP contribution in [0.15, 0.2) is 42.7 Å². The number of imidazole rings is 1. The van der Waals surface area contributed by atoms with Gasteiger partial charge in [0, 0.05) is 50.3 Å².